The topological polar surface area (TPSA) is 41.1 Å². The van der Waals surface area contributed by atoms with Crippen LogP contribution in [0.3, 0.4) is 0 Å². The molecule has 1 amide bonds. The van der Waals surface area contributed by atoms with Crippen LogP contribution in [-0.4, -0.2) is 25.0 Å². The zero-order valence-corrected chi connectivity index (χ0v) is 9.31. The molecule has 0 saturated heterocycles. The maximum absolute atomic E-state index is 11.4. The van der Waals surface area contributed by atoms with Crippen LogP contribution < -0.4 is 10.6 Å². The predicted molar refractivity (Wildman–Crippen MR) is 58.1 cm³/mol. The second-order valence-electron chi connectivity index (χ2n) is 4.57. The van der Waals surface area contributed by atoms with Gasteiger partial charge in [-0.25, -0.2) is 0 Å². The van der Waals surface area contributed by atoms with Gasteiger partial charge in [-0.15, -0.1) is 0 Å². The maximum Gasteiger partial charge on any atom is 0.234 e. The molecule has 0 atom stereocenters. The summed E-state index contributed by atoms with van der Waals surface area (Å²) < 4.78 is 0. The number of amides is 1. The highest BCUT2D eigenvalue weighted by Gasteiger charge is 2.16. The number of carbonyl (C=O) groups is 1. The van der Waals surface area contributed by atoms with Crippen LogP contribution in [0, 0.1) is 5.92 Å². The minimum absolute atomic E-state index is 0.151. The summed E-state index contributed by atoms with van der Waals surface area (Å²) in [6.45, 7) is 5.66. The Morgan fingerprint density at radius 3 is 2.57 bits per heavy atom. The van der Waals surface area contributed by atoms with Crippen LogP contribution in [0.25, 0.3) is 0 Å². The van der Waals surface area contributed by atoms with Crippen molar-refractivity contribution < 1.29 is 4.79 Å². The normalized spacial score (nSPS) is 17.6. The molecular weight excluding hydrogens is 176 g/mol. The molecule has 1 saturated carbocycles. The Labute approximate surface area is 86.6 Å². The van der Waals surface area contributed by atoms with E-state index in [4.69, 9.17) is 0 Å². The van der Waals surface area contributed by atoms with Crippen LogP contribution in [0.15, 0.2) is 0 Å². The van der Waals surface area contributed by atoms with E-state index in [0.29, 0.717) is 18.5 Å². The fourth-order valence-electron chi connectivity index (χ4n) is 1.82. The fourth-order valence-corrected chi connectivity index (χ4v) is 1.82. The standard InChI is InChI=1S/C11H22N2O/c1-9(2)7-12-8-11(14)13-10-5-3-4-6-10/h9-10,12H,3-8H2,1-2H3,(H,13,14). The Hall–Kier alpha value is -0.570. The second kappa shape index (κ2) is 6.02. The van der Waals surface area contributed by atoms with Crippen LogP contribution >= 0.6 is 0 Å². The molecule has 14 heavy (non-hydrogen) atoms. The van der Waals surface area contributed by atoms with E-state index < -0.39 is 0 Å². The van der Waals surface area contributed by atoms with Gasteiger partial charge in [0.05, 0.1) is 6.54 Å². The van der Waals surface area contributed by atoms with Crippen molar-refractivity contribution >= 4 is 5.91 Å². The van der Waals surface area contributed by atoms with Gasteiger partial charge in [0.15, 0.2) is 0 Å². The summed E-state index contributed by atoms with van der Waals surface area (Å²) in [5.41, 5.74) is 0. The molecule has 0 aromatic rings. The average molecular weight is 198 g/mol. The number of carbonyl (C=O) groups excluding carboxylic acids is 1. The van der Waals surface area contributed by atoms with Gasteiger partial charge in [-0.3, -0.25) is 4.79 Å². The quantitative estimate of drug-likeness (QED) is 0.699. The van der Waals surface area contributed by atoms with Gasteiger partial charge < -0.3 is 10.6 Å². The van der Waals surface area contributed by atoms with Gasteiger partial charge >= 0.3 is 0 Å². The summed E-state index contributed by atoms with van der Waals surface area (Å²) in [4.78, 5) is 11.4. The summed E-state index contributed by atoms with van der Waals surface area (Å²) in [5.74, 6) is 0.756. The van der Waals surface area contributed by atoms with E-state index in [1.165, 1.54) is 12.8 Å². The van der Waals surface area contributed by atoms with E-state index in [0.717, 1.165) is 19.4 Å². The van der Waals surface area contributed by atoms with Crippen LogP contribution in [0.2, 0.25) is 0 Å². The highest BCUT2D eigenvalue weighted by molar-refractivity contribution is 5.78. The first-order chi connectivity index (χ1) is 6.68. The van der Waals surface area contributed by atoms with Gasteiger partial charge in [-0.05, 0) is 25.3 Å². The first kappa shape index (κ1) is 11.5. The van der Waals surface area contributed by atoms with Crippen molar-refractivity contribution in [3.05, 3.63) is 0 Å². The van der Waals surface area contributed by atoms with Crippen molar-refractivity contribution in [2.45, 2.75) is 45.6 Å². The van der Waals surface area contributed by atoms with E-state index in [-0.39, 0.29) is 5.91 Å². The van der Waals surface area contributed by atoms with Gasteiger partial charge in [-0.1, -0.05) is 26.7 Å². The van der Waals surface area contributed by atoms with Crippen LogP contribution in [0.5, 0.6) is 0 Å². The van der Waals surface area contributed by atoms with Crippen LogP contribution in [0.4, 0.5) is 0 Å². The molecule has 0 unspecified atom stereocenters. The van der Waals surface area contributed by atoms with E-state index >= 15 is 0 Å². The molecule has 3 heteroatoms. The Kier molecular flexibility index (Phi) is 4.94. The lowest BCUT2D eigenvalue weighted by molar-refractivity contribution is -0.120. The summed E-state index contributed by atoms with van der Waals surface area (Å²) in [7, 11) is 0. The highest BCUT2D eigenvalue weighted by atomic mass is 16.1. The second-order valence-corrected chi connectivity index (χ2v) is 4.57. The molecule has 0 spiro atoms. The summed E-state index contributed by atoms with van der Waals surface area (Å²) >= 11 is 0. The van der Waals surface area contributed by atoms with Crippen molar-refractivity contribution in [1.82, 2.24) is 10.6 Å². The molecule has 2 N–H and O–H groups in total. The van der Waals surface area contributed by atoms with Crippen molar-refractivity contribution in [3.63, 3.8) is 0 Å². The number of rotatable bonds is 5. The number of hydrogen-bond donors (Lipinski definition) is 2. The lowest BCUT2D eigenvalue weighted by atomic mass is 10.2. The first-order valence-electron chi connectivity index (χ1n) is 5.68. The predicted octanol–water partition coefficient (Wildman–Crippen LogP) is 1.29. The molecule has 0 aromatic heterocycles. The largest absolute Gasteiger partial charge is 0.352 e. The smallest absolute Gasteiger partial charge is 0.234 e. The van der Waals surface area contributed by atoms with Gasteiger partial charge in [0, 0.05) is 6.04 Å². The lowest BCUT2D eigenvalue weighted by Gasteiger charge is -2.12. The minimum atomic E-state index is 0.151. The summed E-state index contributed by atoms with van der Waals surface area (Å²) in [6.07, 6.45) is 4.86. The third kappa shape index (κ3) is 4.61. The van der Waals surface area contributed by atoms with E-state index in [1.54, 1.807) is 0 Å². The highest BCUT2D eigenvalue weighted by Crippen LogP contribution is 2.17. The SMILES string of the molecule is CC(C)CNCC(=O)NC1CCCC1. The van der Waals surface area contributed by atoms with Crippen LogP contribution in [-0.2, 0) is 4.79 Å². The first-order valence-corrected chi connectivity index (χ1v) is 5.68. The molecule has 0 radical (unpaired) electrons. The third-order valence-corrected chi connectivity index (χ3v) is 2.56. The van der Waals surface area contributed by atoms with Gasteiger partial charge in [0.1, 0.15) is 0 Å². The van der Waals surface area contributed by atoms with Crippen LogP contribution in [0.1, 0.15) is 39.5 Å². The molecule has 0 aromatic carbocycles. The molecule has 1 aliphatic carbocycles. The molecule has 1 fully saturated rings. The maximum atomic E-state index is 11.4. The number of nitrogens with one attached hydrogen (secondary N) is 2. The zero-order valence-electron chi connectivity index (χ0n) is 9.31. The summed E-state index contributed by atoms with van der Waals surface area (Å²) in [6, 6.07) is 0.448. The van der Waals surface area contributed by atoms with Crippen molar-refractivity contribution in [3.8, 4) is 0 Å². The monoisotopic (exact) mass is 198 g/mol. The van der Waals surface area contributed by atoms with Crippen molar-refractivity contribution in [1.29, 1.82) is 0 Å². The van der Waals surface area contributed by atoms with Crippen molar-refractivity contribution in [2.75, 3.05) is 13.1 Å². The van der Waals surface area contributed by atoms with Gasteiger partial charge in [0.2, 0.25) is 5.91 Å². The molecule has 82 valence electrons. The molecular formula is C11H22N2O. The van der Waals surface area contributed by atoms with E-state index in [2.05, 4.69) is 24.5 Å². The Balaban J connectivity index is 2.03. The number of hydrogen-bond acceptors (Lipinski definition) is 2. The fraction of sp³-hybridized carbons (Fsp3) is 0.909. The molecule has 1 rings (SSSR count). The zero-order chi connectivity index (χ0) is 10.4. The lowest BCUT2D eigenvalue weighted by Crippen LogP contribution is -2.39. The molecule has 0 heterocycles. The average Bonchev–Trinajstić information content (AvgIpc) is 2.56. The van der Waals surface area contributed by atoms with Gasteiger partial charge in [0.25, 0.3) is 0 Å². The minimum Gasteiger partial charge on any atom is -0.352 e. The van der Waals surface area contributed by atoms with Crippen molar-refractivity contribution in [2.24, 2.45) is 5.92 Å². The Morgan fingerprint density at radius 1 is 1.36 bits per heavy atom. The molecule has 1 aliphatic rings. The Morgan fingerprint density at radius 2 is 2.00 bits per heavy atom. The summed E-state index contributed by atoms with van der Waals surface area (Å²) in [5, 5.41) is 6.20. The Bertz CT molecular complexity index is 174. The third-order valence-electron chi connectivity index (χ3n) is 2.56. The van der Waals surface area contributed by atoms with Gasteiger partial charge in [-0.2, -0.15) is 0 Å². The molecule has 3 nitrogen and oxygen atoms in total. The molecule has 0 bridgehead atoms. The molecule has 0 aliphatic heterocycles. The van der Waals surface area contributed by atoms with E-state index in [1.807, 2.05) is 0 Å². The van der Waals surface area contributed by atoms with E-state index in [9.17, 15) is 4.79 Å².